The first-order valence-corrected chi connectivity index (χ1v) is 8.35. The SMILES string of the molecule is CCOCCC1(CN=C(N)Nc2ccc(C)cc2)CCCC1. The smallest absolute Gasteiger partial charge is 0.193 e. The number of ether oxygens (including phenoxy) is 1. The minimum Gasteiger partial charge on any atom is -0.382 e. The molecule has 0 radical (unpaired) electrons. The van der Waals surface area contributed by atoms with Gasteiger partial charge in [-0.1, -0.05) is 30.5 Å². The van der Waals surface area contributed by atoms with Crippen molar-refractivity contribution in [3.63, 3.8) is 0 Å². The zero-order valence-electron chi connectivity index (χ0n) is 13.9. The van der Waals surface area contributed by atoms with Crippen LogP contribution in [0.4, 0.5) is 5.69 Å². The summed E-state index contributed by atoms with van der Waals surface area (Å²) in [6.45, 7) is 6.53. The van der Waals surface area contributed by atoms with Gasteiger partial charge < -0.3 is 15.8 Å². The second-order valence-corrected chi connectivity index (χ2v) is 6.35. The van der Waals surface area contributed by atoms with Gasteiger partial charge in [-0.25, -0.2) is 0 Å². The summed E-state index contributed by atoms with van der Waals surface area (Å²) in [5.74, 6) is 0.506. The molecule has 2 rings (SSSR count). The maximum atomic E-state index is 6.04. The molecule has 1 aliphatic carbocycles. The molecule has 1 aliphatic rings. The molecular formula is C18H29N3O. The topological polar surface area (TPSA) is 59.6 Å². The third-order valence-corrected chi connectivity index (χ3v) is 4.55. The summed E-state index contributed by atoms with van der Waals surface area (Å²) < 4.78 is 5.54. The molecule has 22 heavy (non-hydrogen) atoms. The first-order chi connectivity index (χ1) is 10.6. The molecule has 0 heterocycles. The summed E-state index contributed by atoms with van der Waals surface area (Å²) in [6, 6.07) is 8.18. The normalized spacial score (nSPS) is 17.6. The molecule has 1 aromatic rings. The average molecular weight is 303 g/mol. The summed E-state index contributed by atoms with van der Waals surface area (Å²) in [4.78, 5) is 4.60. The van der Waals surface area contributed by atoms with E-state index >= 15 is 0 Å². The molecule has 0 spiro atoms. The molecule has 1 aromatic carbocycles. The minimum absolute atomic E-state index is 0.286. The fraction of sp³-hybridized carbons (Fsp3) is 0.611. The van der Waals surface area contributed by atoms with Gasteiger partial charge in [-0.15, -0.1) is 0 Å². The van der Waals surface area contributed by atoms with Crippen LogP contribution in [0.25, 0.3) is 0 Å². The van der Waals surface area contributed by atoms with Crippen LogP contribution in [-0.2, 0) is 4.74 Å². The molecule has 1 saturated carbocycles. The summed E-state index contributed by atoms with van der Waals surface area (Å²) >= 11 is 0. The molecule has 4 heteroatoms. The predicted molar refractivity (Wildman–Crippen MR) is 93.3 cm³/mol. The highest BCUT2D eigenvalue weighted by molar-refractivity contribution is 5.92. The number of hydrogen-bond donors (Lipinski definition) is 2. The third-order valence-electron chi connectivity index (χ3n) is 4.55. The van der Waals surface area contributed by atoms with E-state index in [9.17, 15) is 0 Å². The van der Waals surface area contributed by atoms with Crippen molar-refractivity contribution in [2.75, 3.05) is 25.1 Å². The molecule has 0 aromatic heterocycles. The number of nitrogens with one attached hydrogen (secondary N) is 1. The molecule has 0 amide bonds. The Hall–Kier alpha value is -1.55. The summed E-state index contributed by atoms with van der Waals surface area (Å²) in [5, 5.41) is 3.17. The monoisotopic (exact) mass is 303 g/mol. The van der Waals surface area contributed by atoms with E-state index in [1.165, 1.54) is 31.2 Å². The third kappa shape index (κ3) is 5.02. The van der Waals surface area contributed by atoms with Gasteiger partial charge in [-0.2, -0.15) is 0 Å². The second kappa shape index (κ2) is 8.18. The molecule has 0 saturated heterocycles. The number of nitrogens with two attached hydrogens (primary N) is 1. The van der Waals surface area contributed by atoms with E-state index in [-0.39, 0.29) is 5.41 Å². The van der Waals surface area contributed by atoms with Gasteiger partial charge in [0.1, 0.15) is 0 Å². The van der Waals surface area contributed by atoms with Crippen molar-refractivity contribution in [2.45, 2.75) is 46.0 Å². The Balaban J connectivity index is 1.90. The van der Waals surface area contributed by atoms with Crippen molar-refractivity contribution < 1.29 is 4.74 Å². The van der Waals surface area contributed by atoms with Crippen molar-refractivity contribution >= 4 is 11.6 Å². The molecule has 4 nitrogen and oxygen atoms in total. The van der Waals surface area contributed by atoms with Gasteiger partial charge in [0.05, 0.1) is 0 Å². The number of guanidine groups is 1. The maximum Gasteiger partial charge on any atom is 0.193 e. The predicted octanol–water partition coefficient (Wildman–Crippen LogP) is 3.71. The number of aliphatic imine (C=N–C) groups is 1. The highest BCUT2D eigenvalue weighted by atomic mass is 16.5. The largest absolute Gasteiger partial charge is 0.382 e. The van der Waals surface area contributed by atoms with Crippen LogP contribution in [0.5, 0.6) is 0 Å². The van der Waals surface area contributed by atoms with Crippen LogP contribution < -0.4 is 11.1 Å². The van der Waals surface area contributed by atoms with Crippen LogP contribution in [0.3, 0.4) is 0 Å². The van der Waals surface area contributed by atoms with Gasteiger partial charge in [-0.05, 0) is 50.7 Å². The van der Waals surface area contributed by atoms with Crippen molar-refractivity contribution in [3.05, 3.63) is 29.8 Å². The van der Waals surface area contributed by atoms with Crippen molar-refractivity contribution in [2.24, 2.45) is 16.1 Å². The molecule has 0 aliphatic heterocycles. The molecular weight excluding hydrogens is 274 g/mol. The Labute approximate surface area is 134 Å². The molecule has 3 N–H and O–H groups in total. The van der Waals surface area contributed by atoms with Gasteiger partial charge in [0.25, 0.3) is 0 Å². The van der Waals surface area contributed by atoms with Crippen LogP contribution in [0.15, 0.2) is 29.3 Å². The van der Waals surface area contributed by atoms with Gasteiger partial charge in [0, 0.05) is 25.4 Å². The quantitative estimate of drug-likeness (QED) is 0.458. The average Bonchev–Trinajstić information content (AvgIpc) is 2.97. The van der Waals surface area contributed by atoms with Crippen LogP contribution in [0, 0.1) is 12.3 Å². The minimum atomic E-state index is 0.286. The van der Waals surface area contributed by atoms with Gasteiger partial charge in [0.2, 0.25) is 0 Å². The van der Waals surface area contributed by atoms with E-state index in [0.717, 1.165) is 31.9 Å². The summed E-state index contributed by atoms with van der Waals surface area (Å²) in [5.41, 5.74) is 8.56. The van der Waals surface area contributed by atoms with Gasteiger partial charge in [-0.3, -0.25) is 4.99 Å². The van der Waals surface area contributed by atoms with E-state index in [1.54, 1.807) is 0 Å². The Morgan fingerprint density at radius 1 is 1.27 bits per heavy atom. The van der Waals surface area contributed by atoms with Crippen molar-refractivity contribution in [3.8, 4) is 0 Å². The van der Waals surface area contributed by atoms with Crippen LogP contribution >= 0.6 is 0 Å². The van der Waals surface area contributed by atoms with E-state index in [4.69, 9.17) is 10.5 Å². The number of benzene rings is 1. The maximum absolute atomic E-state index is 6.04. The fourth-order valence-electron chi connectivity index (χ4n) is 3.12. The number of rotatable bonds is 7. The van der Waals surface area contributed by atoms with Gasteiger partial charge in [0.15, 0.2) is 5.96 Å². The number of hydrogen-bond acceptors (Lipinski definition) is 2. The van der Waals surface area contributed by atoms with E-state index in [1.807, 2.05) is 19.1 Å². The molecule has 0 atom stereocenters. The number of aryl methyl sites for hydroxylation is 1. The van der Waals surface area contributed by atoms with Crippen LogP contribution in [0.1, 0.15) is 44.6 Å². The molecule has 1 fully saturated rings. The number of anilines is 1. The van der Waals surface area contributed by atoms with Crippen LogP contribution in [-0.4, -0.2) is 25.7 Å². The number of nitrogens with zero attached hydrogens (tertiary/aromatic N) is 1. The highest BCUT2D eigenvalue weighted by Gasteiger charge is 2.33. The Morgan fingerprint density at radius 2 is 1.95 bits per heavy atom. The summed E-state index contributed by atoms with van der Waals surface area (Å²) in [6.07, 6.45) is 6.16. The van der Waals surface area contributed by atoms with Crippen molar-refractivity contribution in [1.82, 2.24) is 0 Å². The first kappa shape index (κ1) is 16.8. The lowest BCUT2D eigenvalue weighted by molar-refractivity contribution is 0.107. The molecule has 0 bridgehead atoms. The van der Waals surface area contributed by atoms with E-state index in [0.29, 0.717) is 5.96 Å². The Bertz CT molecular complexity index is 476. The first-order valence-electron chi connectivity index (χ1n) is 8.35. The molecule has 0 unspecified atom stereocenters. The fourth-order valence-corrected chi connectivity index (χ4v) is 3.12. The highest BCUT2D eigenvalue weighted by Crippen LogP contribution is 2.41. The van der Waals surface area contributed by atoms with Crippen LogP contribution in [0.2, 0.25) is 0 Å². The Morgan fingerprint density at radius 3 is 2.59 bits per heavy atom. The van der Waals surface area contributed by atoms with E-state index < -0.39 is 0 Å². The lowest BCUT2D eigenvalue weighted by atomic mass is 9.83. The standard InChI is InChI=1S/C18H29N3O/c1-3-22-13-12-18(10-4-5-11-18)14-20-17(19)21-16-8-6-15(2)7-9-16/h6-9H,3-5,10-14H2,1-2H3,(H3,19,20,21). The van der Waals surface area contributed by atoms with Crippen molar-refractivity contribution in [1.29, 1.82) is 0 Å². The van der Waals surface area contributed by atoms with Gasteiger partial charge >= 0.3 is 0 Å². The zero-order valence-corrected chi connectivity index (χ0v) is 13.9. The summed E-state index contributed by atoms with van der Waals surface area (Å²) in [7, 11) is 0. The second-order valence-electron chi connectivity index (χ2n) is 6.35. The Kier molecular flexibility index (Phi) is 6.25. The lowest BCUT2D eigenvalue weighted by Crippen LogP contribution is -2.28. The zero-order chi connectivity index (χ0) is 15.8. The van der Waals surface area contributed by atoms with E-state index in [2.05, 4.69) is 29.4 Å². The lowest BCUT2D eigenvalue weighted by Gasteiger charge is -2.27. The molecule has 122 valence electrons.